The van der Waals surface area contributed by atoms with E-state index in [4.69, 9.17) is 18.9 Å². The summed E-state index contributed by atoms with van der Waals surface area (Å²) in [6, 6.07) is 0.419. The van der Waals surface area contributed by atoms with Gasteiger partial charge in [-0.25, -0.2) is 0 Å². The topological polar surface area (TPSA) is 49.0 Å². The fraction of sp³-hybridized carbons (Fsp3) is 1.00. The van der Waals surface area contributed by atoms with Gasteiger partial charge in [0.25, 0.3) is 0 Å². The Labute approximate surface area is 117 Å². The van der Waals surface area contributed by atoms with Crippen LogP contribution in [0.5, 0.6) is 0 Å². The lowest BCUT2D eigenvalue weighted by Gasteiger charge is -2.23. The number of hydrogen-bond acceptors (Lipinski definition) is 5. The van der Waals surface area contributed by atoms with Crippen molar-refractivity contribution in [3.05, 3.63) is 0 Å². The van der Waals surface area contributed by atoms with Gasteiger partial charge in [-0.15, -0.1) is 0 Å². The lowest BCUT2D eigenvalue weighted by molar-refractivity contribution is -0.0208. The first-order valence-corrected chi connectivity index (χ1v) is 7.25. The first kappa shape index (κ1) is 18.8. The van der Waals surface area contributed by atoms with Gasteiger partial charge in [0, 0.05) is 13.2 Å². The third-order valence-corrected chi connectivity index (χ3v) is 2.88. The van der Waals surface area contributed by atoms with Crippen molar-refractivity contribution < 1.29 is 18.9 Å². The van der Waals surface area contributed by atoms with E-state index in [2.05, 4.69) is 26.1 Å². The van der Waals surface area contributed by atoms with Gasteiger partial charge in [-0.3, -0.25) is 0 Å². The van der Waals surface area contributed by atoms with Crippen LogP contribution in [0.25, 0.3) is 0 Å². The van der Waals surface area contributed by atoms with Crippen molar-refractivity contribution in [2.24, 2.45) is 0 Å². The van der Waals surface area contributed by atoms with Crippen molar-refractivity contribution in [1.82, 2.24) is 5.32 Å². The molecule has 116 valence electrons. The monoisotopic (exact) mass is 277 g/mol. The summed E-state index contributed by atoms with van der Waals surface area (Å²) in [6.07, 6.45) is 1.29. The molecule has 0 amide bonds. The first-order chi connectivity index (χ1) is 9.26. The van der Waals surface area contributed by atoms with E-state index in [-0.39, 0.29) is 6.10 Å². The molecule has 0 aromatic heterocycles. The SMILES string of the molecule is CCNC(CC)C(C)OCCOCCOCCOC. The minimum atomic E-state index is 0.214. The molecule has 5 heteroatoms. The second kappa shape index (κ2) is 14.2. The van der Waals surface area contributed by atoms with Gasteiger partial charge in [-0.1, -0.05) is 13.8 Å². The number of methoxy groups -OCH3 is 1. The van der Waals surface area contributed by atoms with Crippen LogP contribution < -0.4 is 5.32 Å². The minimum Gasteiger partial charge on any atom is -0.382 e. The molecule has 0 aromatic rings. The van der Waals surface area contributed by atoms with Gasteiger partial charge in [-0.2, -0.15) is 0 Å². The zero-order valence-electron chi connectivity index (χ0n) is 12.9. The number of ether oxygens (including phenoxy) is 4. The van der Waals surface area contributed by atoms with E-state index in [0.29, 0.717) is 45.7 Å². The molecule has 0 aliphatic carbocycles. The summed E-state index contributed by atoms with van der Waals surface area (Å²) >= 11 is 0. The highest BCUT2D eigenvalue weighted by Crippen LogP contribution is 2.02. The summed E-state index contributed by atoms with van der Waals surface area (Å²) in [5.41, 5.74) is 0. The van der Waals surface area contributed by atoms with Crippen molar-refractivity contribution in [1.29, 1.82) is 0 Å². The smallest absolute Gasteiger partial charge is 0.0704 e. The Balaban J connectivity index is 3.33. The highest BCUT2D eigenvalue weighted by molar-refractivity contribution is 4.71. The molecule has 0 saturated heterocycles. The summed E-state index contributed by atoms with van der Waals surface area (Å²) < 4.78 is 21.3. The molecule has 0 aliphatic rings. The van der Waals surface area contributed by atoms with Crippen LogP contribution in [0.2, 0.25) is 0 Å². The fourth-order valence-corrected chi connectivity index (χ4v) is 1.78. The van der Waals surface area contributed by atoms with Gasteiger partial charge >= 0.3 is 0 Å². The predicted molar refractivity (Wildman–Crippen MR) is 76.7 cm³/mol. The molecule has 0 saturated carbocycles. The van der Waals surface area contributed by atoms with Crippen LogP contribution in [-0.4, -0.2) is 65.4 Å². The van der Waals surface area contributed by atoms with Crippen LogP contribution >= 0.6 is 0 Å². The number of hydrogen-bond donors (Lipinski definition) is 1. The molecule has 1 N–H and O–H groups in total. The van der Waals surface area contributed by atoms with Gasteiger partial charge < -0.3 is 24.3 Å². The second-order valence-electron chi connectivity index (χ2n) is 4.37. The molecular formula is C14H31NO4. The lowest BCUT2D eigenvalue weighted by atomic mass is 10.1. The highest BCUT2D eigenvalue weighted by atomic mass is 16.6. The summed E-state index contributed by atoms with van der Waals surface area (Å²) in [5, 5.41) is 3.42. The molecule has 19 heavy (non-hydrogen) atoms. The molecule has 0 spiro atoms. The Kier molecular flexibility index (Phi) is 14.1. The number of nitrogens with one attached hydrogen (secondary N) is 1. The Bertz CT molecular complexity index is 181. The van der Waals surface area contributed by atoms with Crippen molar-refractivity contribution in [2.45, 2.75) is 39.3 Å². The van der Waals surface area contributed by atoms with Crippen LogP contribution in [0.3, 0.4) is 0 Å². The Morgan fingerprint density at radius 2 is 1.47 bits per heavy atom. The van der Waals surface area contributed by atoms with Gasteiger partial charge in [0.15, 0.2) is 0 Å². The van der Waals surface area contributed by atoms with E-state index in [1.54, 1.807) is 7.11 Å². The zero-order chi connectivity index (χ0) is 14.3. The molecule has 2 atom stereocenters. The van der Waals surface area contributed by atoms with E-state index in [9.17, 15) is 0 Å². The predicted octanol–water partition coefficient (Wildman–Crippen LogP) is 1.46. The van der Waals surface area contributed by atoms with E-state index in [1.807, 2.05) is 0 Å². The second-order valence-corrected chi connectivity index (χ2v) is 4.37. The maximum Gasteiger partial charge on any atom is 0.0704 e. The Morgan fingerprint density at radius 1 is 0.895 bits per heavy atom. The third kappa shape index (κ3) is 11.3. The normalized spacial score (nSPS) is 14.5. The van der Waals surface area contributed by atoms with Crippen molar-refractivity contribution >= 4 is 0 Å². The molecule has 0 aromatic carbocycles. The van der Waals surface area contributed by atoms with Gasteiger partial charge in [0.2, 0.25) is 0 Å². The fourth-order valence-electron chi connectivity index (χ4n) is 1.78. The number of rotatable bonds is 14. The molecular weight excluding hydrogens is 246 g/mol. The lowest BCUT2D eigenvalue weighted by Crippen LogP contribution is -2.39. The molecule has 0 fully saturated rings. The summed E-state index contributed by atoms with van der Waals surface area (Å²) in [7, 11) is 1.66. The molecule has 0 bridgehead atoms. The first-order valence-electron chi connectivity index (χ1n) is 7.25. The van der Waals surface area contributed by atoms with Gasteiger partial charge in [0.1, 0.15) is 0 Å². The quantitative estimate of drug-likeness (QED) is 0.487. The summed E-state index contributed by atoms with van der Waals surface area (Å²) in [5.74, 6) is 0. The molecule has 0 radical (unpaired) electrons. The van der Waals surface area contributed by atoms with E-state index in [1.165, 1.54) is 0 Å². The average Bonchev–Trinajstić information content (AvgIpc) is 2.42. The summed E-state index contributed by atoms with van der Waals surface area (Å²) in [6.45, 7) is 11.1. The van der Waals surface area contributed by atoms with Crippen molar-refractivity contribution in [2.75, 3.05) is 53.3 Å². The van der Waals surface area contributed by atoms with E-state index >= 15 is 0 Å². The molecule has 0 heterocycles. The maximum absolute atomic E-state index is 5.74. The van der Waals surface area contributed by atoms with Gasteiger partial charge in [0.05, 0.1) is 45.7 Å². The van der Waals surface area contributed by atoms with E-state index < -0.39 is 0 Å². The zero-order valence-corrected chi connectivity index (χ0v) is 12.9. The average molecular weight is 277 g/mol. The Hall–Kier alpha value is -0.200. The van der Waals surface area contributed by atoms with Crippen LogP contribution in [0, 0.1) is 0 Å². The van der Waals surface area contributed by atoms with Crippen molar-refractivity contribution in [3.63, 3.8) is 0 Å². The molecule has 0 rings (SSSR count). The summed E-state index contributed by atoms with van der Waals surface area (Å²) in [4.78, 5) is 0. The molecule has 0 aliphatic heterocycles. The molecule has 2 unspecified atom stereocenters. The standard InChI is InChI=1S/C14H31NO4/c1-5-14(15-6-2)13(3)19-12-11-18-10-9-17-8-7-16-4/h13-15H,5-12H2,1-4H3. The number of likely N-dealkylation sites (N-methyl/N-ethyl adjacent to an activating group) is 1. The maximum atomic E-state index is 5.74. The van der Waals surface area contributed by atoms with Crippen molar-refractivity contribution in [3.8, 4) is 0 Å². The Morgan fingerprint density at radius 3 is 2.00 bits per heavy atom. The largest absolute Gasteiger partial charge is 0.382 e. The van der Waals surface area contributed by atoms with E-state index in [0.717, 1.165) is 13.0 Å². The highest BCUT2D eigenvalue weighted by Gasteiger charge is 2.13. The van der Waals surface area contributed by atoms with Crippen LogP contribution in [0.4, 0.5) is 0 Å². The third-order valence-electron chi connectivity index (χ3n) is 2.88. The van der Waals surface area contributed by atoms with Crippen LogP contribution in [0.15, 0.2) is 0 Å². The van der Waals surface area contributed by atoms with Crippen LogP contribution in [0.1, 0.15) is 27.2 Å². The molecule has 5 nitrogen and oxygen atoms in total. The van der Waals surface area contributed by atoms with Gasteiger partial charge in [-0.05, 0) is 19.9 Å². The van der Waals surface area contributed by atoms with Crippen LogP contribution in [-0.2, 0) is 18.9 Å². The minimum absolute atomic E-state index is 0.214.